The maximum absolute atomic E-state index is 13.2. The standard InChI is InChI=1S/C19H22BrClF4N4OS/c1-2-28(15-13-29(27-17(15)21)14-6-5-9-26-12-14)16(30)7-11-31-10-4-3-8-18(22,23)19(20,24)25/h5-6,9,12-13H,2-4,7-8,10-11H2,1H3. The molecule has 2 aromatic heterocycles. The van der Waals surface area contributed by atoms with Crippen molar-refractivity contribution >= 4 is 50.9 Å². The van der Waals surface area contributed by atoms with Crippen molar-refractivity contribution in [2.24, 2.45) is 0 Å². The highest BCUT2D eigenvalue weighted by molar-refractivity contribution is 9.10. The summed E-state index contributed by atoms with van der Waals surface area (Å²) in [5, 5.41) is 4.42. The summed E-state index contributed by atoms with van der Waals surface area (Å²) in [6.07, 6.45) is 4.58. The van der Waals surface area contributed by atoms with Crippen molar-refractivity contribution < 1.29 is 22.4 Å². The fourth-order valence-corrected chi connectivity index (χ4v) is 4.08. The van der Waals surface area contributed by atoms with Gasteiger partial charge in [0, 0.05) is 31.3 Å². The van der Waals surface area contributed by atoms with E-state index in [4.69, 9.17) is 11.6 Å². The molecule has 0 radical (unpaired) electrons. The van der Waals surface area contributed by atoms with Gasteiger partial charge in [-0.1, -0.05) is 11.6 Å². The molecule has 2 aromatic rings. The third kappa shape index (κ3) is 7.35. The molecule has 2 rings (SSSR count). The van der Waals surface area contributed by atoms with Crippen LogP contribution in [0.2, 0.25) is 5.15 Å². The van der Waals surface area contributed by atoms with E-state index in [1.165, 1.54) is 16.7 Å². The Morgan fingerprint density at radius 3 is 2.65 bits per heavy atom. The van der Waals surface area contributed by atoms with E-state index in [0.717, 1.165) is 0 Å². The van der Waals surface area contributed by atoms with Crippen molar-refractivity contribution in [1.29, 1.82) is 0 Å². The normalized spacial score (nSPS) is 12.2. The first-order valence-corrected chi connectivity index (χ1v) is 11.9. The van der Waals surface area contributed by atoms with Crippen LogP contribution >= 0.6 is 39.3 Å². The average molecular weight is 546 g/mol. The van der Waals surface area contributed by atoms with Crippen molar-refractivity contribution in [2.45, 2.75) is 43.4 Å². The maximum atomic E-state index is 13.2. The largest absolute Gasteiger partial charge is 0.363 e. The fourth-order valence-electron chi connectivity index (χ4n) is 2.72. The van der Waals surface area contributed by atoms with E-state index in [1.807, 2.05) is 13.0 Å². The zero-order valence-corrected chi connectivity index (χ0v) is 19.9. The van der Waals surface area contributed by atoms with Crippen LogP contribution in [0, 0.1) is 0 Å². The monoisotopic (exact) mass is 544 g/mol. The van der Waals surface area contributed by atoms with Crippen molar-refractivity contribution in [3.63, 3.8) is 0 Å². The molecule has 0 N–H and O–H groups in total. The number of hydrogen-bond donors (Lipinski definition) is 0. The molecule has 1 amide bonds. The Bertz CT molecular complexity index is 851. The molecule has 0 unspecified atom stereocenters. The SMILES string of the molecule is CCN(C(=O)CCSCCCCC(F)(F)C(F)(F)Br)c1cn(-c2cccnc2)nc1Cl. The zero-order chi connectivity index (χ0) is 23.1. The number of aromatic nitrogens is 3. The highest BCUT2D eigenvalue weighted by Crippen LogP contribution is 2.42. The summed E-state index contributed by atoms with van der Waals surface area (Å²) in [7, 11) is 0. The Kier molecular flexibility index (Phi) is 9.63. The van der Waals surface area contributed by atoms with E-state index < -0.39 is 17.2 Å². The molecule has 0 aliphatic carbocycles. The van der Waals surface area contributed by atoms with Crippen LogP contribution in [0.1, 0.15) is 32.6 Å². The smallest absolute Gasteiger partial charge is 0.308 e. The lowest BCUT2D eigenvalue weighted by molar-refractivity contribution is -0.151. The molecule has 0 fully saturated rings. The lowest BCUT2D eigenvalue weighted by atomic mass is 10.1. The van der Waals surface area contributed by atoms with Gasteiger partial charge in [0.2, 0.25) is 5.91 Å². The summed E-state index contributed by atoms with van der Waals surface area (Å²) in [5.74, 6) is -3.24. The molecule has 0 saturated heterocycles. The number of halogens is 6. The van der Waals surface area contributed by atoms with Gasteiger partial charge in [-0.15, -0.1) is 0 Å². The molecule has 0 spiro atoms. The van der Waals surface area contributed by atoms with Crippen LogP contribution in [-0.2, 0) is 4.79 Å². The number of pyridine rings is 1. The van der Waals surface area contributed by atoms with Gasteiger partial charge in [-0.05, 0) is 53.6 Å². The number of unbranched alkanes of at least 4 members (excludes halogenated alkanes) is 1. The summed E-state index contributed by atoms with van der Waals surface area (Å²) >= 11 is 9.37. The van der Waals surface area contributed by atoms with Crippen LogP contribution in [0.4, 0.5) is 23.2 Å². The van der Waals surface area contributed by atoms with Gasteiger partial charge >= 0.3 is 10.8 Å². The molecule has 0 bridgehead atoms. The van der Waals surface area contributed by atoms with Gasteiger partial charge in [-0.25, -0.2) is 4.68 Å². The number of nitrogens with zero attached hydrogens (tertiary/aromatic N) is 4. The van der Waals surface area contributed by atoms with Crippen molar-refractivity contribution in [3.8, 4) is 5.69 Å². The second-order valence-electron chi connectivity index (χ2n) is 6.62. The van der Waals surface area contributed by atoms with Crippen LogP contribution in [0.5, 0.6) is 0 Å². The van der Waals surface area contributed by atoms with Crippen LogP contribution in [0.3, 0.4) is 0 Å². The maximum Gasteiger partial charge on any atom is 0.363 e. The molecule has 0 aliphatic rings. The molecule has 172 valence electrons. The first-order chi connectivity index (χ1) is 14.6. The number of thioether (sulfide) groups is 1. The zero-order valence-electron chi connectivity index (χ0n) is 16.7. The summed E-state index contributed by atoms with van der Waals surface area (Å²) in [6.45, 7) is 2.22. The van der Waals surface area contributed by atoms with Gasteiger partial charge in [-0.3, -0.25) is 9.78 Å². The third-order valence-corrected chi connectivity index (χ3v) is 6.29. The quantitative estimate of drug-likeness (QED) is 0.181. The van der Waals surface area contributed by atoms with Crippen LogP contribution in [0.15, 0.2) is 30.7 Å². The summed E-state index contributed by atoms with van der Waals surface area (Å²) < 4.78 is 53.3. The average Bonchev–Trinajstić information content (AvgIpc) is 3.09. The van der Waals surface area contributed by atoms with Crippen LogP contribution in [-0.4, -0.2) is 49.5 Å². The molecule has 5 nitrogen and oxygen atoms in total. The minimum absolute atomic E-state index is 0.0284. The summed E-state index contributed by atoms with van der Waals surface area (Å²) in [4.78, 5) is 14.0. The lowest BCUT2D eigenvalue weighted by Crippen LogP contribution is -2.34. The van der Waals surface area contributed by atoms with E-state index in [0.29, 0.717) is 35.8 Å². The van der Waals surface area contributed by atoms with Gasteiger partial charge in [0.1, 0.15) is 5.69 Å². The second-order valence-corrected chi connectivity index (χ2v) is 9.20. The van der Waals surface area contributed by atoms with E-state index in [2.05, 4.69) is 10.1 Å². The highest BCUT2D eigenvalue weighted by atomic mass is 79.9. The molecule has 0 aromatic carbocycles. The Morgan fingerprint density at radius 1 is 1.29 bits per heavy atom. The van der Waals surface area contributed by atoms with Gasteiger partial charge in [0.05, 0.1) is 18.1 Å². The third-order valence-electron chi connectivity index (χ3n) is 4.37. The summed E-state index contributed by atoms with van der Waals surface area (Å²) in [5.41, 5.74) is 1.19. The predicted molar refractivity (Wildman–Crippen MR) is 119 cm³/mol. The van der Waals surface area contributed by atoms with Crippen LogP contribution < -0.4 is 4.90 Å². The Labute approximate surface area is 195 Å². The summed E-state index contributed by atoms with van der Waals surface area (Å²) in [6, 6.07) is 3.57. The molecule has 31 heavy (non-hydrogen) atoms. The topological polar surface area (TPSA) is 51.0 Å². The number of rotatable bonds is 12. The number of anilines is 1. The first-order valence-electron chi connectivity index (χ1n) is 9.55. The predicted octanol–water partition coefficient (Wildman–Crippen LogP) is 6.19. The van der Waals surface area contributed by atoms with Gasteiger partial charge < -0.3 is 4.90 Å². The van der Waals surface area contributed by atoms with E-state index >= 15 is 0 Å². The van der Waals surface area contributed by atoms with Gasteiger partial charge in [0.15, 0.2) is 5.15 Å². The first kappa shape index (κ1) is 25.9. The Morgan fingerprint density at radius 2 is 2.03 bits per heavy atom. The van der Waals surface area contributed by atoms with E-state index in [1.54, 1.807) is 45.3 Å². The molecular weight excluding hydrogens is 524 g/mol. The van der Waals surface area contributed by atoms with Crippen molar-refractivity contribution in [1.82, 2.24) is 14.8 Å². The lowest BCUT2D eigenvalue weighted by Gasteiger charge is -2.21. The number of amides is 1. The van der Waals surface area contributed by atoms with Crippen molar-refractivity contribution in [2.75, 3.05) is 23.0 Å². The number of carbonyl (C=O) groups excluding carboxylic acids is 1. The molecule has 0 atom stereocenters. The minimum atomic E-state index is -4.20. The highest BCUT2D eigenvalue weighted by Gasteiger charge is 2.53. The molecule has 12 heteroatoms. The van der Waals surface area contributed by atoms with E-state index in [-0.39, 0.29) is 23.9 Å². The number of carbonyl (C=O) groups is 1. The fraction of sp³-hybridized carbons (Fsp3) is 0.526. The second kappa shape index (κ2) is 11.5. The molecular formula is C19H22BrClF4N4OS. The minimum Gasteiger partial charge on any atom is -0.308 e. The Hall–Kier alpha value is -1.33. The Balaban J connectivity index is 1.79. The van der Waals surface area contributed by atoms with Gasteiger partial charge in [0.25, 0.3) is 0 Å². The van der Waals surface area contributed by atoms with E-state index in [9.17, 15) is 22.4 Å². The molecule has 0 saturated carbocycles. The molecule has 2 heterocycles. The molecule has 0 aliphatic heterocycles. The van der Waals surface area contributed by atoms with Gasteiger partial charge in [-0.2, -0.15) is 34.4 Å². The number of alkyl halides is 5. The number of hydrogen-bond acceptors (Lipinski definition) is 4. The van der Waals surface area contributed by atoms with Crippen molar-refractivity contribution in [3.05, 3.63) is 35.9 Å². The van der Waals surface area contributed by atoms with Crippen LogP contribution in [0.25, 0.3) is 5.69 Å².